The zero-order valence-corrected chi connectivity index (χ0v) is 16.3. The Labute approximate surface area is 160 Å². The molecule has 0 radical (unpaired) electrons. The largest absolute Gasteiger partial charge is 0.489 e. The first kappa shape index (κ1) is 23.0. The average molecular weight is 381 g/mol. The maximum atomic E-state index is 12.0. The summed E-state index contributed by atoms with van der Waals surface area (Å²) in [6, 6.07) is 6.86. The molecule has 4 N–H and O–H groups in total. The molecular weight excluding hydrogens is 350 g/mol. The van der Waals surface area contributed by atoms with Gasteiger partial charge in [-0.05, 0) is 25.2 Å². The predicted octanol–water partition coefficient (Wildman–Crippen LogP) is 0.558. The molecule has 1 rings (SSSR count). The van der Waals surface area contributed by atoms with E-state index < -0.39 is 6.23 Å². The highest BCUT2D eigenvalue weighted by Crippen LogP contribution is 2.13. The molecule has 0 aliphatic carbocycles. The van der Waals surface area contributed by atoms with Gasteiger partial charge in [-0.3, -0.25) is 9.59 Å². The standard InChI is InChI=1S/C19H31N3O5/c1-14(2)17(23)12-25-9-10-26-18(20)13-27-16-6-4-5-15(11-16)19(24)22-8-7-21-3/h4-6,11,14,18,21H,7-10,12-13,20H2,1-3H3,(H,22,24). The van der Waals surface area contributed by atoms with Gasteiger partial charge >= 0.3 is 0 Å². The van der Waals surface area contributed by atoms with Crippen LogP contribution in [0.1, 0.15) is 24.2 Å². The summed E-state index contributed by atoms with van der Waals surface area (Å²) in [4.78, 5) is 23.4. The van der Waals surface area contributed by atoms with Crippen molar-refractivity contribution in [1.29, 1.82) is 0 Å². The molecule has 152 valence electrons. The Balaban J connectivity index is 2.27. The summed E-state index contributed by atoms with van der Waals surface area (Å²) < 4.78 is 16.2. The summed E-state index contributed by atoms with van der Waals surface area (Å²) in [6.07, 6.45) is -0.637. The first-order valence-electron chi connectivity index (χ1n) is 9.07. The molecular formula is C19H31N3O5. The quantitative estimate of drug-likeness (QED) is 0.319. The summed E-state index contributed by atoms with van der Waals surface area (Å²) in [5, 5.41) is 5.76. The Morgan fingerprint density at radius 2 is 1.96 bits per heavy atom. The molecule has 1 aromatic carbocycles. The van der Waals surface area contributed by atoms with E-state index in [1.165, 1.54) is 0 Å². The van der Waals surface area contributed by atoms with Gasteiger partial charge in [-0.2, -0.15) is 0 Å². The number of hydrogen-bond acceptors (Lipinski definition) is 7. The van der Waals surface area contributed by atoms with Crippen LogP contribution in [0.25, 0.3) is 0 Å². The van der Waals surface area contributed by atoms with Crippen LogP contribution >= 0.6 is 0 Å². The second-order valence-electron chi connectivity index (χ2n) is 6.28. The highest BCUT2D eigenvalue weighted by Gasteiger charge is 2.09. The Morgan fingerprint density at radius 3 is 2.67 bits per heavy atom. The van der Waals surface area contributed by atoms with Crippen molar-refractivity contribution in [1.82, 2.24) is 10.6 Å². The van der Waals surface area contributed by atoms with E-state index in [4.69, 9.17) is 19.9 Å². The number of Topliss-reactive ketones (excluding diaryl/α,β-unsaturated/α-hetero) is 1. The number of nitrogens with two attached hydrogens (primary N) is 1. The van der Waals surface area contributed by atoms with Crippen molar-refractivity contribution < 1.29 is 23.8 Å². The maximum Gasteiger partial charge on any atom is 0.251 e. The zero-order chi connectivity index (χ0) is 20.1. The molecule has 8 nitrogen and oxygen atoms in total. The van der Waals surface area contributed by atoms with Gasteiger partial charge in [0.2, 0.25) is 0 Å². The van der Waals surface area contributed by atoms with Crippen LogP contribution in [-0.2, 0) is 14.3 Å². The minimum atomic E-state index is -0.637. The third-order valence-electron chi connectivity index (χ3n) is 3.62. The van der Waals surface area contributed by atoms with E-state index in [1.54, 1.807) is 24.3 Å². The van der Waals surface area contributed by atoms with E-state index in [9.17, 15) is 9.59 Å². The first-order valence-corrected chi connectivity index (χ1v) is 9.07. The maximum absolute atomic E-state index is 12.0. The second kappa shape index (κ2) is 13.2. The number of hydrogen-bond donors (Lipinski definition) is 3. The summed E-state index contributed by atoms with van der Waals surface area (Å²) in [6.45, 7) is 5.67. The van der Waals surface area contributed by atoms with Crippen LogP contribution in [0.5, 0.6) is 5.75 Å². The molecule has 1 amide bonds. The van der Waals surface area contributed by atoms with Crippen molar-refractivity contribution in [3.8, 4) is 5.75 Å². The lowest BCUT2D eigenvalue weighted by Gasteiger charge is -2.15. The fraction of sp³-hybridized carbons (Fsp3) is 0.579. The molecule has 0 fully saturated rings. The van der Waals surface area contributed by atoms with Crippen LogP contribution in [0.2, 0.25) is 0 Å². The van der Waals surface area contributed by atoms with Gasteiger partial charge in [-0.25, -0.2) is 0 Å². The van der Waals surface area contributed by atoms with Gasteiger partial charge in [0.25, 0.3) is 5.91 Å². The first-order chi connectivity index (χ1) is 12.9. The van der Waals surface area contributed by atoms with Crippen molar-refractivity contribution >= 4 is 11.7 Å². The van der Waals surface area contributed by atoms with Crippen molar-refractivity contribution in [2.45, 2.75) is 20.1 Å². The zero-order valence-electron chi connectivity index (χ0n) is 16.3. The van der Waals surface area contributed by atoms with Crippen LogP contribution in [0.3, 0.4) is 0 Å². The van der Waals surface area contributed by atoms with Crippen LogP contribution in [-0.4, -0.2) is 64.5 Å². The van der Waals surface area contributed by atoms with Crippen LogP contribution in [0.15, 0.2) is 24.3 Å². The number of carbonyl (C=O) groups is 2. The summed E-state index contributed by atoms with van der Waals surface area (Å²) in [5.74, 6) is 0.388. The third kappa shape index (κ3) is 10.0. The van der Waals surface area contributed by atoms with Crippen LogP contribution < -0.4 is 21.1 Å². The normalized spacial score (nSPS) is 12.0. The number of amides is 1. The second-order valence-corrected chi connectivity index (χ2v) is 6.28. The molecule has 0 saturated carbocycles. The number of likely N-dealkylation sites (N-methyl/N-ethyl adjacent to an activating group) is 1. The van der Waals surface area contributed by atoms with Gasteiger partial charge in [0, 0.05) is 24.6 Å². The smallest absolute Gasteiger partial charge is 0.251 e. The summed E-state index contributed by atoms with van der Waals surface area (Å²) in [5.41, 5.74) is 6.35. The average Bonchev–Trinajstić information content (AvgIpc) is 2.66. The molecule has 0 saturated heterocycles. The van der Waals surface area contributed by atoms with Crippen molar-refractivity contribution in [2.24, 2.45) is 11.7 Å². The summed E-state index contributed by atoms with van der Waals surface area (Å²) >= 11 is 0. The van der Waals surface area contributed by atoms with Crippen molar-refractivity contribution in [3.05, 3.63) is 29.8 Å². The molecule has 0 aliphatic rings. The molecule has 27 heavy (non-hydrogen) atoms. The van der Waals surface area contributed by atoms with Gasteiger partial charge in [-0.1, -0.05) is 19.9 Å². The predicted molar refractivity (Wildman–Crippen MR) is 103 cm³/mol. The lowest BCUT2D eigenvalue weighted by Crippen LogP contribution is -2.32. The molecule has 1 aromatic rings. The van der Waals surface area contributed by atoms with Crippen LogP contribution in [0.4, 0.5) is 0 Å². The molecule has 1 unspecified atom stereocenters. The van der Waals surface area contributed by atoms with E-state index in [0.717, 1.165) is 0 Å². The number of benzene rings is 1. The minimum Gasteiger partial charge on any atom is -0.489 e. The Hall–Kier alpha value is -2.00. The topological polar surface area (TPSA) is 112 Å². The lowest BCUT2D eigenvalue weighted by atomic mass is 10.1. The lowest BCUT2D eigenvalue weighted by molar-refractivity contribution is -0.127. The van der Waals surface area contributed by atoms with Gasteiger partial charge < -0.3 is 30.6 Å². The third-order valence-corrected chi connectivity index (χ3v) is 3.62. The molecule has 0 heterocycles. The highest BCUT2D eigenvalue weighted by atomic mass is 16.6. The molecule has 0 bridgehead atoms. The fourth-order valence-electron chi connectivity index (χ4n) is 1.95. The Bertz CT molecular complexity index is 580. The van der Waals surface area contributed by atoms with E-state index in [-0.39, 0.29) is 44.0 Å². The number of nitrogens with one attached hydrogen (secondary N) is 2. The SMILES string of the molecule is CNCCNC(=O)c1cccc(OCC(N)OCCOCC(=O)C(C)C)c1. The van der Waals surface area contributed by atoms with Gasteiger partial charge in [-0.15, -0.1) is 0 Å². The fourth-order valence-corrected chi connectivity index (χ4v) is 1.95. The Morgan fingerprint density at radius 1 is 1.19 bits per heavy atom. The molecule has 0 spiro atoms. The number of ether oxygens (including phenoxy) is 3. The van der Waals surface area contributed by atoms with Crippen molar-refractivity contribution in [2.75, 3.05) is 46.6 Å². The molecule has 0 aromatic heterocycles. The van der Waals surface area contributed by atoms with Crippen molar-refractivity contribution in [3.63, 3.8) is 0 Å². The highest BCUT2D eigenvalue weighted by molar-refractivity contribution is 5.94. The van der Waals surface area contributed by atoms with E-state index in [1.807, 2.05) is 20.9 Å². The summed E-state index contributed by atoms with van der Waals surface area (Å²) in [7, 11) is 1.82. The van der Waals surface area contributed by atoms with E-state index in [0.29, 0.717) is 24.4 Å². The van der Waals surface area contributed by atoms with Crippen LogP contribution in [0, 0.1) is 5.92 Å². The van der Waals surface area contributed by atoms with E-state index in [2.05, 4.69) is 10.6 Å². The van der Waals surface area contributed by atoms with Gasteiger partial charge in [0.1, 0.15) is 25.2 Å². The molecule has 8 heteroatoms. The number of carbonyl (C=O) groups excluding carboxylic acids is 2. The minimum absolute atomic E-state index is 0.0391. The van der Waals surface area contributed by atoms with E-state index >= 15 is 0 Å². The molecule has 1 atom stereocenters. The van der Waals surface area contributed by atoms with Gasteiger partial charge in [0.05, 0.1) is 13.2 Å². The number of rotatable bonds is 14. The molecule has 0 aliphatic heterocycles. The monoisotopic (exact) mass is 381 g/mol. The van der Waals surface area contributed by atoms with Gasteiger partial charge in [0.15, 0.2) is 5.78 Å². The number of ketones is 1. The Kier molecular flexibility index (Phi) is 11.3.